The highest BCUT2D eigenvalue weighted by atomic mass is 16.2. The van der Waals surface area contributed by atoms with Crippen LogP contribution in [0.2, 0.25) is 0 Å². The largest absolute Gasteiger partial charge is 0.341 e. The summed E-state index contributed by atoms with van der Waals surface area (Å²) in [6.45, 7) is 10.6. The summed E-state index contributed by atoms with van der Waals surface area (Å²) in [4.78, 5) is 28.6. The van der Waals surface area contributed by atoms with E-state index in [1.807, 2.05) is 55.7 Å². The molecule has 1 aliphatic rings. The second kappa shape index (κ2) is 6.95. The summed E-state index contributed by atoms with van der Waals surface area (Å²) in [5, 5.41) is 0. The highest BCUT2D eigenvalue weighted by Crippen LogP contribution is 2.15. The molecule has 0 aromatic heterocycles. The van der Waals surface area contributed by atoms with Gasteiger partial charge in [0.05, 0.1) is 0 Å². The molecule has 0 saturated carbocycles. The van der Waals surface area contributed by atoms with Gasteiger partial charge in [-0.3, -0.25) is 9.59 Å². The number of carbonyl (C=O) groups excluding carboxylic acids is 2. The molecule has 1 aromatic carbocycles. The third kappa shape index (κ3) is 3.67. The van der Waals surface area contributed by atoms with E-state index in [-0.39, 0.29) is 17.7 Å². The van der Waals surface area contributed by atoms with Crippen molar-refractivity contribution in [1.82, 2.24) is 9.80 Å². The minimum absolute atomic E-state index is 0.0154. The van der Waals surface area contributed by atoms with E-state index in [0.29, 0.717) is 19.6 Å². The molecule has 1 saturated heterocycles. The van der Waals surface area contributed by atoms with Gasteiger partial charge in [-0.2, -0.15) is 0 Å². The zero-order valence-electron chi connectivity index (χ0n) is 14.1. The van der Waals surface area contributed by atoms with Crippen LogP contribution in [0.3, 0.4) is 0 Å². The van der Waals surface area contributed by atoms with E-state index >= 15 is 0 Å². The number of nitrogens with zero attached hydrogens (tertiary/aromatic N) is 2. The highest BCUT2D eigenvalue weighted by Gasteiger charge is 2.24. The van der Waals surface area contributed by atoms with E-state index < -0.39 is 0 Å². The summed E-state index contributed by atoms with van der Waals surface area (Å²) in [5.74, 6) is 0.277. The minimum atomic E-state index is 0.0154. The fourth-order valence-corrected chi connectivity index (χ4v) is 2.93. The molecule has 0 aliphatic carbocycles. The molecule has 0 N–H and O–H groups in total. The molecule has 4 heteroatoms. The van der Waals surface area contributed by atoms with Crippen molar-refractivity contribution in [3.8, 4) is 0 Å². The van der Waals surface area contributed by atoms with E-state index in [4.69, 9.17) is 0 Å². The van der Waals surface area contributed by atoms with Gasteiger partial charge >= 0.3 is 0 Å². The number of benzene rings is 1. The Labute approximate surface area is 133 Å². The third-order valence-electron chi connectivity index (χ3n) is 4.20. The number of aryl methyl sites for hydroxylation is 2. The molecule has 120 valence electrons. The molecule has 0 bridgehead atoms. The Morgan fingerprint density at radius 2 is 1.64 bits per heavy atom. The fraction of sp³-hybridized carbons (Fsp3) is 0.556. The molecule has 2 rings (SSSR count). The van der Waals surface area contributed by atoms with Crippen LogP contribution in [0.1, 0.15) is 41.8 Å². The van der Waals surface area contributed by atoms with Crippen molar-refractivity contribution in [3.63, 3.8) is 0 Å². The summed E-state index contributed by atoms with van der Waals surface area (Å²) in [6, 6.07) is 5.93. The number of hydrogen-bond acceptors (Lipinski definition) is 2. The molecule has 0 unspecified atom stereocenters. The first-order valence-corrected chi connectivity index (χ1v) is 8.05. The molecule has 1 fully saturated rings. The third-order valence-corrected chi connectivity index (χ3v) is 4.20. The van der Waals surface area contributed by atoms with Gasteiger partial charge in [0.2, 0.25) is 5.91 Å². The van der Waals surface area contributed by atoms with Crippen molar-refractivity contribution in [2.24, 2.45) is 5.92 Å². The molecule has 0 spiro atoms. The Balaban J connectivity index is 2.07. The quantitative estimate of drug-likeness (QED) is 0.842. The highest BCUT2D eigenvalue weighted by molar-refractivity contribution is 5.95. The average Bonchev–Trinajstić information content (AvgIpc) is 2.71. The molecule has 22 heavy (non-hydrogen) atoms. The van der Waals surface area contributed by atoms with Crippen molar-refractivity contribution in [2.75, 3.05) is 26.2 Å². The maximum Gasteiger partial charge on any atom is 0.254 e. The van der Waals surface area contributed by atoms with Crippen LogP contribution in [0, 0.1) is 19.8 Å². The lowest BCUT2D eigenvalue weighted by molar-refractivity contribution is -0.134. The van der Waals surface area contributed by atoms with Crippen molar-refractivity contribution in [3.05, 3.63) is 34.9 Å². The Bertz CT molecular complexity index is 566. The lowest BCUT2D eigenvalue weighted by Gasteiger charge is -2.24. The number of carbonyl (C=O) groups is 2. The first-order valence-electron chi connectivity index (χ1n) is 8.05. The van der Waals surface area contributed by atoms with Crippen LogP contribution >= 0.6 is 0 Å². The van der Waals surface area contributed by atoms with E-state index in [9.17, 15) is 9.59 Å². The minimum Gasteiger partial charge on any atom is -0.341 e. The number of hydrogen-bond donors (Lipinski definition) is 0. The Morgan fingerprint density at radius 3 is 2.27 bits per heavy atom. The second-order valence-corrected chi connectivity index (χ2v) is 6.44. The van der Waals surface area contributed by atoms with Crippen molar-refractivity contribution < 1.29 is 9.59 Å². The van der Waals surface area contributed by atoms with Gasteiger partial charge in [0.15, 0.2) is 0 Å². The van der Waals surface area contributed by atoms with Crippen molar-refractivity contribution in [1.29, 1.82) is 0 Å². The summed E-state index contributed by atoms with van der Waals surface area (Å²) >= 11 is 0. The zero-order chi connectivity index (χ0) is 16.3. The Morgan fingerprint density at radius 1 is 1.00 bits per heavy atom. The summed E-state index contributed by atoms with van der Waals surface area (Å²) in [5.41, 5.74) is 2.96. The monoisotopic (exact) mass is 302 g/mol. The normalized spacial score (nSPS) is 15.9. The van der Waals surface area contributed by atoms with E-state index in [1.165, 1.54) is 5.56 Å². The molecular weight excluding hydrogens is 276 g/mol. The summed E-state index contributed by atoms with van der Waals surface area (Å²) in [6.07, 6.45) is 0.842. The summed E-state index contributed by atoms with van der Waals surface area (Å²) < 4.78 is 0. The van der Waals surface area contributed by atoms with Gasteiger partial charge in [0.1, 0.15) is 0 Å². The van der Waals surface area contributed by atoms with Crippen LogP contribution in [-0.2, 0) is 4.79 Å². The summed E-state index contributed by atoms with van der Waals surface area (Å²) in [7, 11) is 0. The fourth-order valence-electron chi connectivity index (χ4n) is 2.93. The second-order valence-electron chi connectivity index (χ2n) is 6.44. The molecule has 0 atom stereocenters. The lowest BCUT2D eigenvalue weighted by Crippen LogP contribution is -2.39. The molecule has 2 amide bonds. The first kappa shape index (κ1) is 16.5. The lowest BCUT2D eigenvalue weighted by atomic mass is 10.0. The number of rotatable bonds is 2. The van der Waals surface area contributed by atoms with Gasteiger partial charge in [-0.05, 0) is 31.9 Å². The van der Waals surface area contributed by atoms with Crippen LogP contribution in [0.15, 0.2) is 18.2 Å². The van der Waals surface area contributed by atoms with Gasteiger partial charge in [-0.15, -0.1) is 0 Å². The smallest absolute Gasteiger partial charge is 0.254 e. The van der Waals surface area contributed by atoms with E-state index in [0.717, 1.165) is 24.1 Å². The van der Waals surface area contributed by atoms with Crippen LogP contribution in [0.4, 0.5) is 0 Å². The standard InChI is InChI=1S/C18H26N2O2/c1-13(2)17(21)19-8-5-9-20(11-10-19)18(22)16-7-6-14(3)12-15(16)4/h6-7,12-13H,5,8-11H2,1-4H3. The van der Waals surface area contributed by atoms with Gasteiger partial charge in [0, 0.05) is 37.7 Å². The average molecular weight is 302 g/mol. The maximum absolute atomic E-state index is 12.7. The molecule has 1 heterocycles. The van der Waals surface area contributed by atoms with E-state index in [2.05, 4.69) is 0 Å². The Hall–Kier alpha value is -1.84. The topological polar surface area (TPSA) is 40.6 Å². The van der Waals surface area contributed by atoms with Crippen LogP contribution in [0.25, 0.3) is 0 Å². The van der Waals surface area contributed by atoms with Crippen LogP contribution in [-0.4, -0.2) is 47.8 Å². The molecule has 4 nitrogen and oxygen atoms in total. The van der Waals surface area contributed by atoms with E-state index in [1.54, 1.807) is 0 Å². The molecule has 1 aliphatic heterocycles. The molecule has 0 radical (unpaired) electrons. The molecular formula is C18H26N2O2. The van der Waals surface area contributed by atoms with Crippen molar-refractivity contribution >= 4 is 11.8 Å². The van der Waals surface area contributed by atoms with Gasteiger partial charge < -0.3 is 9.80 Å². The predicted octanol–water partition coefficient (Wildman–Crippen LogP) is 2.63. The Kier molecular flexibility index (Phi) is 5.22. The van der Waals surface area contributed by atoms with Crippen LogP contribution < -0.4 is 0 Å². The number of amides is 2. The zero-order valence-corrected chi connectivity index (χ0v) is 14.1. The molecule has 1 aromatic rings. The van der Waals surface area contributed by atoms with Gasteiger partial charge in [-0.25, -0.2) is 0 Å². The van der Waals surface area contributed by atoms with Crippen molar-refractivity contribution in [2.45, 2.75) is 34.1 Å². The van der Waals surface area contributed by atoms with Gasteiger partial charge in [-0.1, -0.05) is 31.5 Å². The SMILES string of the molecule is Cc1ccc(C(=O)N2CCCN(C(=O)C(C)C)CC2)c(C)c1. The van der Waals surface area contributed by atoms with Gasteiger partial charge in [0.25, 0.3) is 5.91 Å². The maximum atomic E-state index is 12.7. The first-order chi connectivity index (χ1) is 10.4. The van der Waals surface area contributed by atoms with Crippen LogP contribution in [0.5, 0.6) is 0 Å². The predicted molar refractivity (Wildman–Crippen MR) is 87.9 cm³/mol.